The molecule has 0 radical (unpaired) electrons. The van der Waals surface area contributed by atoms with Crippen molar-refractivity contribution in [2.75, 3.05) is 0 Å². The van der Waals surface area contributed by atoms with Gasteiger partial charge in [-0.3, -0.25) is 0 Å². The van der Waals surface area contributed by atoms with Crippen LogP contribution in [0.25, 0.3) is 0 Å². The molecule has 0 saturated heterocycles. The zero-order valence-electron chi connectivity index (χ0n) is 8.65. The number of nitrogens with two attached hydrogens (primary N) is 1. The second kappa shape index (κ2) is 4.65. The Balaban J connectivity index is 3.48. The number of benzene rings is 1. The number of nitrogens with zero attached hydrogens (tertiary/aromatic N) is 1. The van der Waals surface area contributed by atoms with Gasteiger partial charge in [0.2, 0.25) is 10.0 Å². The van der Waals surface area contributed by atoms with E-state index in [0.29, 0.717) is 5.56 Å². The van der Waals surface area contributed by atoms with Gasteiger partial charge in [0.25, 0.3) is 0 Å². The predicted molar refractivity (Wildman–Crippen MR) is 53.9 cm³/mol. The molecule has 1 aromatic carbocycles. The molecule has 0 atom stereocenters. The summed E-state index contributed by atoms with van der Waals surface area (Å²) in [6.07, 6.45) is 0. The highest BCUT2D eigenvalue weighted by Crippen LogP contribution is 2.27. The van der Waals surface area contributed by atoms with Crippen molar-refractivity contribution in [2.45, 2.75) is 18.4 Å². The standard InChI is InChI=1S/C9H8F2N2O3S/c1-5-2-8(17(13,14)15)7(16-9(10)11)3-6(5)4-12/h2-3,9H,1H3,(H2,13,14,15). The van der Waals surface area contributed by atoms with Gasteiger partial charge in [-0.05, 0) is 24.6 Å². The molecule has 0 unspecified atom stereocenters. The molecular formula is C9H8F2N2O3S. The lowest BCUT2D eigenvalue weighted by atomic mass is 10.1. The Hall–Kier alpha value is -1.72. The Labute approximate surface area is 96.5 Å². The lowest BCUT2D eigenvalue weighted by molar-refractivity contribution is -0.0517. The Morgan fingerprint density at radius 3 is 2.47 bits per heavy atom. The zero-order chi connectivity index (χ0) is 13.2. The van der Waals surface area contributed by atoms with Crippen LogP contribution in [0.15, 0.2) is 17.0 Å². The highest BCUT2D eigenvalue weighted by atomic mass is 32.2. The summed E-state index contributed by atoms with van der Waals surface area (Å²) in [6, 6.07) is 3.66. The molecule has 0 heterocycles. The highest BCUT2D eigenvalue weighted by molar-refractivity contribution is 7.89. The normalized spacial score (nSPS) is 11.3. The SMILES string of the molecule is Cc1cc(S(N)(=O)=O)c(OC(F)F)cc1C#N. The summed E-state index contributed by atoms with van der Waals surface area (Å²) in [5, 5.41) is 13.6. The minimum atomic E-state index is -4.19. The number of aryl methyl sites for hydroxylation is 1. The molecule has 0 aliphatic rings. The number of primary sulfonamides is 1. The predicted octanol–water partition coefficient (Wildman–Crippen LogP) is 1.12. The van der Waals surface area contributed by atoms with Crippen molar-refractivity contribution in [1.82, 2.24) is 0 Å². The smallest absolute Gasteiger partial charge is 0.387 e. The van der Waals surface area contributed by atoms with E-state index in [-0.39, 0.29) is 5.56 Å². The first-order chi connectivity index (χ1) is 7.75. The Morgan fingerprint density at radius 1 is 1.47 bits per heavy atom. The van der Waals surface area contributed by atoms with Crippen LogP contribution in [-0.4, -0.2) is 15.0 Å². The van der Waals surface area contributed by atoms with Gasteiger partial charge in [0, 0.05) is 0 Å². The number of ether oxygens (including phenoxy) is 1. The monoisotopic (exact) mass is 262 g/mol. The third kappa shape index (κ3) is 3.12. The molecule has 92 valence electrons. The minimum absolute atomic E-state index is 0.0352. The van der Waals surface area contributed by atoms with Crippen molar-refractivity contribution in [3.05, 3.63) is 23.3 Å². The number of sulfonamides is 1. The highest BCUT2D eigenvalue weighted by Gasteiger charge is 2.20. The molecule has 1 rings (SSSR count). The molecular weight excluding hydrogens is 254 g/mol. The third-order valence-electron chi connectivity index (χ3n) is 1.93. The Bertz CT molecular complexity index is 579. The maximum absolute atomic E-state index is 12.1. The average molecular weight is 262 g/mol. The van der Waals surface area contributed by atoms with Crippen LogP contribution in [-0.2, 0) is 10.0 Å². The number of nitriles is 1. The summed E-state index contributed by atoms with van der Waals surface area (Å²) in [5.41, 5.74) is 0.339. The fourth-order valence-electron chi connectivity index (χ4n) is 1.19. The minimum Gasteiger partial charge on any atom is -0.433 e. The van der Waals surface area contributed by atoms with Crippen molar-refractivity contribution in [3.63, 3.8) is 0 Å². The number of hydrogen-bond donors (Lipinski definition) is 1. The topological polar surface area (TPSA) is 93.2 Å². The summed E-state index contributed by atoms with van der Waals surface area (Å²) >= 11 is 0. The van der Waals surface area contributed by atoms with Gasteiger partial charge in [-0.25, -0.2) is 13.6 Å². The van der Waals surface area contributed by atoms with Gasteiger partial charge < -0.3 is 4.74 Å². The van der Waals surface area contributed by atoms with E-state index in [1.165, 1.54) is 6.92 Å². The van der Waals surface area contributed by atoms with E-state index in [2.05, 4.69) is 4.74 Å². The molecule has 8 heteroatoms. The molecule has 0 spiro atoms. The Morgan fingerprint density at radius 2 is 2.06 bits per heavy atom. The molecule has 0 fully saturated rings. The van der Waals surface area contributed by atoms with Crippen LogP contribution in [0.1, 0.15) is 11.1 Å². The van der Waals surface area contributed by atoms with E-state index < -0.39 is 27.3 Å². The fourth-order valence-corrected chi connectivity index (χ4v) is 1.92. The van der Waals surface area contributed by atoms with Crippen LogP contribution in [0.4, 0.5) is 8.78 Å². The maximum Gasteiger partial charge on any atom is 0.387 e. The van der Waals surface area contributed by atoms with Crippen LogP contribution in [0.2, 0.25) is 0 Å². The molecule has 2 N–H and O–H groups in total. The lowest BCUT2D eigenvalue weighted by Crippen LogP contribution is -2.16. The molecule has 0 aromatic heterocycles. The molecule has 0 bridgehead atoms. The summed E-state index contributed by atoms with van der Waals surface area (Å²) in [5.74, 6) is -0.635. The molecule has 0 aliphatic heterocycles. The van der Waals surface area contributed by atoms with Crippen molar-refractivity contribution >= 4 is 10.0 Å². The van der Waals surface area contributed by atoms with Gasteiger partial charge in [0.1, 0.15) is 10.6 Å². The van der Waals surface area contributed by atoms with Crippen LogP contribution in [0, 0.1) is 18.3 Å². The van der Waals surface area contributed by atoms with Gasteiger partial charge >= 0.3 is 6.61 Å². The second-order valence-corrected chi connectivity index (χ2v) is 4.68. The Kier molecular flexibility index (Phi) is 3.65. The molecule has 0 amide bonds. The van der Waals surface area contributed by atoms with Crippen molar-refractivity contribution < 1.29 is 21.9 Å². The molecule has 1 aromatic rings. The van der Waals surface area contributed by atoms with Crippen LogP contribution in [0.3, 0.4) is 0 Å². The summed E-state index contributed by atoms with van der Waals surface area (Å²) in [7, 11) is -4.19. The summed E-state index contributed by atoms with van der Waals surface area (Å²) in [6.45, 7) is -1.75. The van der Waals surface area contributed by atoms with Crippen LogP contribution >= 0.6 is 0 Å². The van der Waals surface area contributed by atoms with Crippen molar-refractivity contribution in [1.29, 1.82) is 5.26 Å². The molecule has 0 saturated carbocycles. The molecule has 17 heavy (non-hydrogen) atoms. The van der Waals surface area contributed by atoms with Gasteiger partial charge in [-0.2, -0.15) is 14.0 Å². The third-order valence-corrected chi connectivity index (χ3v) is 2.87. The first-order valence-electron chi connectivity index (χ1n) is 4.28. The van der Waals surface area contributed by atoms with E-state index in [4.69, 9.17) is 10.4 Å². The number of hydrogen-bond acceptors (Lipinski definition) is 4. The average Bonchev–Trinajstić information content (AvgIpc) is 2.17. The second-order valence-electron chi connectivity index (χ2n) is 3.15. The number of alkyl halides is 2. The number of rotatable bonds is 3. The van der Waals surface area contributed by atoms with Gasteiger partial charge in [0.05, 0.1) is 11.6 Å². The first kappa shape index (κ1) is 13.3. The van der Waals surface area contributed by atoms with Crippen LogP contribution in [0.5, 0.6) is 5.75 Å². The first-order valence-corrected chi connectivity index (χ1v) is 5.82. The van der Waals surface area contributed by atoms with Gasteiger partial charge in [-0.15, -0.1) is 0 Å². The maximum atomic E-state index is 12.1. The van der Waals surface area contributed by atoms with Crippen molar-refractivity contribution in [2.24, 2.45) is 5.14 Å². The quantitative estimate of drug-likeness (QED) is 0.883. The molecule has 5 nitrogen and oxygen atoms in total. The van der Waals surface area contributed by atoms with Crippen molar-refractivity contribution in [3.8, 4) is 11.8 Å². The summed E-state index contributed by atoms with van der Waals surface area (Å²) < 4.78 is 50.5. The summed E-state index contributed by atoms with van der Waals surface area (Å²) in [4.78, 5) is -0.575. The van der Waals surface area contributed by atoms with E-state index in [1.54, 1.807) is 6.07 Å². The van der Waals surface area contributed by atoms with E-state index in [1.807, 2.05) is 0 Å². The van der Waals surface area contributed by atoms with E-state index in [9.17, 15) is 17.2 Å². The van der Waals surface area contributed by atoms with E-state index in [0.717, 1.165) is 12.1 Å². The number of halogens is 2. The zero-order valence-corrected chi connectivity index (χ0v) is 9.46. The van der Waals surface area contributed by atoms with Crippen LogP contribution < -0.4 is 9.88 Å². The van der Waals surface area contributed by atoms with Gasteiger partial charge in [0.15, 0.2) is 0 Å². The molecule has 0 aliphatic carbocycles. The lowest BCUT2D eigenvalue weighted by Gasteiger charge is -2.10. The van der Waals surface area contributed by atoms with E-state index >= 15 is 0 Å². The largest absolute Gasteiger partial charge is 0.433 e. The fraction of sp³-hybridized carbons (Fsp3) is 0.222. The van der Waals surface area contributed by atoms with Gasteiger partial charge in [-0.1, -0.05) is 0 Å².